The smallest absolute Gasteiger partial charge is 0.144 e. The second kappa shape index (κ2) is 12.1. The predicted molar refractivity (Wildman–Crippen MR) is 133 cm³/mol. The standard InChI is InChI=1S/C30H32O3/c1-24(23-31)22-29(21-13-12-14-25(2)32)33-30(26-15-6-3-7-16-26,27-17-8-4-9-18-27)28-19-10-5-11-20-28/h3-11,15-20,29H,12-14,21-22H2,1-2H3. The van der Waals surface area contributed by atoms with Crippen LogP contribution in [0, 0.1) is 0 Å². The third-order valence-corrected chi connectivity index (χ3v) is 5.90. The molecule has 0 saturated heterocycles. The zero-order valence-corrected chi connectivity index (χ0v) is 19.5. The Balaban J connectivity index is 2.10. The number of rotatable bonds is 12. The fourth-order valence-electron chi connectivity index (χ4n) is 4.30. The second-order valence-electron chi connectivity index (χ2n) is 8.55. The van der Waals surface area contributed by atoms with E-state index >= 15 is 0 Å². The maximum absolute atomic E-state index is 11.4. The van der Waals surface area contributed by atoms with Crippen molar-refractivity contribution in [3.8, 4) is 0 Å². The highest BCUT2D eigenvalue weighted by molar-refractivity contribution is 5.75. The first-order valence-corrected chi connectivity index (χ1v) is 11.6. The molecule has 3 rings (SSSR count). The SMILES string of the molecule is CC(=O)CCCCC(CC(C)=C=O)OC(c1ccccc1)(c1ccccc1)c1ccccc1. The summed E-state index contributed by atoms with van der Waals surface area (Å²) >= 11 is 0. The number of benzene rings is 3. The van der Waals surface area contributed by atoms with E-state index in [9.17, 15) is 9.59 Å². The van der Waals surface area contributed by atoms with Gasteiger partial charge in [0, 0.05) is 18.4 Å². The van der Waals surface area contributed by atoms with Gasteiger partial charge >= 0.3 is 0 Å². The molecule has 0 radical (unpaired) electrons. The lowest BCUT2D eigenvalue weighted by Gasteiger charge is -2.39. The molecule has 3 aromatic rings. The highest BCUT2D eigenvalue weighted by atomic mass is 16.5. The zero-order valence-electron chi connectivity index (χ0n) is 19.5. The van der Waals surface area contributed by atoms with E-state index in [1.165, 1.54) is 0 Å². The third kappa shape index (κ3) is 6.38. The van der Waals surface area contributed by atoms with Gasteiger partial charge in [0.2, 0.25) is 0 Å². The van der Waals surface area contributed by atoms with Crippen LogP contribution in [0.1, 0.15) is 62.6 Å². The summed E-state index contributed by atoms with van der Waals surface area (Å²) in [5.41, 5.74) is 2.89. The average molecular weight is 441 g/mol. The van der Waals surface area contributed by atoms with Crippen LogP contribution in [-0.2, 0) is 19.9 Å². The van der Waals surface area contributed by atoms with Crippen molar-refractivity contribution < 1.29 is 14.3 Å². The molecule has 0 heterocycles. The molecule has 0 amide bonds. The van der Waals surface area contributed by atoms with Crippen molar-refractivity contribution in [2.45, 2.75) is 57.7 Å². The van der Waals surface area contributed by atoms with Gasteiger partial charge in [0.25, 0.3) is 0 Å². The van der Waals surface area contributed by atoms with Crippen LogP contribution in [0.3, 0.4) is 0 Å². The van der Waals surface area contributed by atoms with Crippen LogP contribution in [0.4, 0.5) is 0 Å². The van der Waals surface area contributed by atoms with Gasteiger partial charge < -0.3 is 9.53 Å². The van der Waals surface area contributed by atoms with Gasteiger partial charge in [-0.3, -0.25) is 0 Å². The fraction of sp³-hybridized carbons (Fsp3) is 0.300. The first-order valence-electron chi connectivity index (χ1n) is 11.6. The summed E-state index contributed by atoms with van der Waals surface area (Å²) in [6.45, 7) is 3.42. The van der Waals surface area contributed by atoms with E-state index < -0.39 is 5.60 Å². The van der Waals surface area contributed by atoms with Gasteiger partial charge in [0.05, 0.1) is 6.10 Å². The van der Waals surface area contributed by atoms with E-state index in [0.29, 0.717) is 18.4 Å². The van der Waals surface area contributed by atoms with Crippen LogP contribution in [0.2, 0.25) is 0 Å². The monoisotopic (exact) mass is 440 g/mol. The van der Waals surface area contributed by atoms with Gasteiger partial charge in [-0.2, -0.15) is 0 Å². The molecular formula is C30H32O3. The molecule has 3 nitrogen and oxygen atoms in total. The largest absolute Gasteiger partial charge is 0.357 e. The lowest BCUT2D eigenvalue weighted by Crippen LogP contribution is -2.37. The summed E-state index contributed by atoms with van der Waals surface area (Å²) in [6.07, 6.45) is 3.27. The van der Waals surface area contributed by atoms with E-state index in [-0.39, 0.29) is 11.9 Å². The van der Waals surface area contributed by atoms with Crippen molar-refractivity contribution in [3.63, 3.8) is 0 Å². The van der Waals surface area contributed by atoms with Gasteiger partial charge in [-0.1, -0.05) is 97.4 Å². The summed E-state index contributed by atoms with van der Waals surface area (Å²) in [5.74, 6) is 2.24. The molecule has 170 valence electrons. The third-order valence-electron chi connectivity index (χ3n) is 5.90. The summed E-state index contributed by atoms with van der Waals surface area (Å²) in [6, 6.07) is 30.7. The summed E-state index contributed by atoms with van der Waals surface area (Å²) < 4.78 is 7.09. The Morgan fingerprint density at radius 1 is 0.788 bits per heavy atom. The Hall–Kier alpha value is -3.26. The zero-order chi connectivity index (χ0) is 23.5. The molecule has 0 spiro atoms. The quantitative estimate of drug-likeness (QED) is 0.179. The van der Waals surface area contributed by atoms with E-state index in [4.69, 9.17) is 4.74 Å². The Morgan fingerprint density at radius 3 is 1.64 bits per heavy atom. The molecule has 0 aliphatic rings. The molecule has 0 aliphatic heterocycles. The topological polar surface area (TPSA) is 43.4 Å². The molecule has 0 aliphatic carbocycles. The molecule has 1 atom stereocenters. The van der Waals surface area contributed by atoms with E-state index in [2.05, 4.69) is 36.4 Å². The number of Topliss-reactive ketones (excluding diaryl/α,β-unsaturated/α-hetero) is 1. The maximum atomic E-state index is 11.4. The van der Waals surface area contributed by atoms with Crippen molar-refractivity contribution in [1.82, 2.24) is 0 Å². The van der Waals surface area contributed by atoms with Crippen LogP contribution in [0.15, 0.2) is 96.6 Å². The average Bonchev–Trinajstić information content (AvgIpc) is 2.86. The fourth-order valence-corrected chi connectivity index (χ4v) is 4.30. The molecule has 33 heavy (non-hydrogen) atoms. The molecular weight excluding hydrogens is 408 g/mol. The Bertz CT molecular complexity index is 955. The van der Waals surface area contributed by atoms with E-state index in [1.54, 1.807) is 13.8 Å². The minimum absolute atomic E-state index is 0.198. The number of hydrogen-bond donors (Lipinski definition) is 0. The molecule has 0 N–H and O–H groups in total. The number of unbranched alkanes of at least 4 members (excludes halogenated alkanes) is 1. The van der Waals surface area contributed by atoms with Gasteiger partial charge in [-0.15, -0.1) is 0 Å². The maximum Gasteiger partial charge on any atom is 0.144 e. The predicted octanol–water partition coefficient (Wildman–Crippen LogP) is 6.68. The molecule has 3 aromatic carbocycles. The molecule has 1 unspecified atom stereocenters. The van der Waals surface area contributed by atoms with Crippen LogP contribution in [-0.4, -0.2) is 17.8 Å². The lowest BCUT2D eigenvalue weighted by molar-refractivity contribution is -0.117. The van der Waals surface area contributed by atoms with Gasteiger partial charge in [-0.05, 0) is 43.4 Å². The summed E-state index contributed by atoms with van der Waals surface area (Å²) in [7, 11) is 0. The molecule has 0 aromatic heterocycles. The molecule has 0 bridgehead atoms. The number of ketones is 1. The summed E-state index contributed by atoms with van der Waals surface area (Å²) in [5, 5.41) is 0. The first-order chi connectivity index (χ1) is 16.1. The van der Waals surface area contributed by atoms with Crippen molar-refractivity contribution in [1.29, 1.82) is 0 Å². The Morgan fingerprint density at radius 2 is 1.24 bits per heavy atom. The molecule has 3 heteroatoms. The highest BCUT2D eigenvalue weighted by Crippen LogP contribution is 2.42. The molecule has 0 fully saturated rings. The van der Waals surface area contributed by atoms with Gasteiger partial charge in [0.15, 0.2) is 0 Å². The summed E-state index contributed by atoms with van der Waals surface area (Å²) in [4.78, 5) is 22.8. The van der Waals surface area contributed by atoms with E-state index in [1.807, 2.05) is 60.5 Å². The second-order valence-corrected chi connectivity index (χ2v) is 8.55. The number of hydrogen-bond acceptors (Lipinski definition) is 3. The van der Waals surface area contributed by atoms with Gasteiger partial charge in [-0.25, -0.2) is 4.79 Å². The molecule has 0 saturated carbocycles. The van der Waals surface area contributed by atoms with Gasteiger partial charge in [0.1, 0.15) is 17.3 Å². The lowest BCUT2D eigenvalue weighted by atomic mass is 9.79. The van der Waals surface area contributed by atoms with Crippen LogP contribution < -0.4 is 0 Å². The Labute approximate surface area is 197 Å². The number of carbonyl (C=O) groups is 1. The van der Waals surface area contributed by atoms with Crippen molar-refractivity contribution in [3.05, 3.63) is 113 Å². The first kappa shape index (κ1) is 24.4. The van der Waals surface area contributed by atoms with Crippen LogP contribution in [0.25, 0.3) is 0 Å². The van der Waals surface area contributed by atoms with Crippen molar-refractivity contribution in [2.75, 3.05) is 0 Å². The van der Waals surface area contributed by atoms with E-state index in [0.717, 1.165) is 36.0 Å². The van der Waals surface area contributed by atoms with Crippen molar-refractivity contribution >= 4 is 11.7 Å². The minimum atomic E-state index is -0.835. The van der Waals surface area contributed by atoms with Crippen molar-refractivity contribution in [2.24, 2.45) is 0 Å². The normalized spacial score (nSPS) is 12.1. The highest BCUT2D eigenvalue weighted by Gasteiger charge is 2.39. The minimum Gasteiger partial charge on any atom is -0.357 e. The Kier molecular flexibility index (Phi) is 8.95. The van der Waals surface area contributed by atoms with Crippen LogP contribution in [0.5, 0.6) is 0 Å². The number of carbonyl (C=O) groups excluding carboxylic acids is 2. The number of ether oxygens (including phenoxy) is 1. The van der Waals surface area contributed by atoms with Crippen LogP contribution >= 0.6 is 0 Å².